The average molecular weight is 353 g/mol. The zero-order valence-corrected chi connectivity index (χ0v) is 15.8. The van der Waals surface area contributed by atoms with Crippen molar-refractivity contribution in [3.63, 3.8) is 0 Å². The molecule has 0 spiro atoms. The smallest absolute Gasteiger partial charge is 0.221 e. The van der Waals surface area contributed by atoms with E-state index in [9.17, 15) is 9.90 Å². The van der Waals surface area contributed by atoms with Gasteiger partial charge in [0.1, 0.15) is 0 Å². The maximum atomic E-state index is 12.2. The van der Waals surface area contributed by atoms with Crippen molar-refractivity contribution in [1.82, 2.24) is 10.2 Å². The van der Waals surface area contributed by atoms with Gasteiger partial charge >= 0.3 is 0 Å². The van der Waals surface area contributed by atoms with Crippen molar-refractivity contribution < 1.29 is 14.6 Å². The molecule has 0 bridgehead atoms. The topological polar surface area (TPSA) is 61.8 Å². The van der Waals surface area contributed by atoms with Crippen LogP contribution >= 0.6 is 0 Å². The second kappa shape index (κ2) is 8.83. The molecule has 25 heavy (non-hydrogen) atoms. The summed E-state index contributed by atoms with van der Waals surface area (Å²) in [5.74, 6) is 0.823. The van der Waals surface area contributed by atoms with Crippen LogP contribution in [-0.2, 0) is 9.53 Å². The van der Waals surface area contributed by atoms with Gasteiger partial charge in [-0.15, -0.1) is 0 Å². The van der Waals surface area contributed by atoms with Crippen molar-refractivity contribution in [3.8, 4) is 0 Å². The Morgan fingerprint density at radius 1 is 1.20 bits per heavy atom. The highest BCUT2D eigenvalue weighted by Crippen LogP contribution is 2.39. The number of nitrogens with one attached hydrogen (secondary N) is 1. The molecule has 1 saturated carbocycles. The minimum Gasteiger partial charge on any atom is -0.389 e. The van der Waals surface area contributed by atoms with E-state index in [1.165, 1.54) is 19.3 Å². The number of hydrogen-bond donors (Lipinski definition) is 2. The number of aliphatic hydroxyl groups is 1. The van der Waals surface area contributed by atoms with Gasteiger partial charge in [0, 0.05) is 45.3 Å². The number of amides is 1. The zero-order chi connectivity index (χ0) is 17.7. The van der Waals surface area contributed by atoms with Crippen LogP contribution in [0.2, 0.25) is 0 Å². The molecular formula is C20H36N2O3. The molecule has 0 unspecified atom stereocenters. The lowest BCUT2D eigenvalue weighted by molar-refractivity contribution is -0.132. The highest BCUT2D eigenvalue weighted by Gasteiger charge is 2.45. The Morgan fingerprint density at radius 3 is 2.60 bits per heavy atom. The molecule has 2 aliphatic heterocycles. The first-order valence-electron chi connectivity index (χ1n) is 10.4. The van der Waals surface area contributed by atoms with Crippen LogP contribution < -0.4 is 5.32 Å². The number of hydrogen-bond acceptors (Lipinski definition) is 4. The first kappa shape index (κ1) is 19.1. The molecule has 0 radical (unpaired) electrons. The van der Waals surface area contributed by atoms with Crippen molar-refractivity contribution >= 4 is 5.91 Å². The van der Waals surface area contributed by atoms with E-state index in [-0.39, 0.29) is 11.8 Å². The lowest BCUT2D eigenvalue weighted by Crippen LogP contribution is -2.56. The molecule has 5 heteroatoms. The summed E-state index contributed by atoms with van der Waals surface area (Å²) < 4.78 is 5.45. The fourth-order valence-corrected chi connectivity index (χ4v) is 5.03. The molecule has 144 valence electrons. The van der Waals surface area contributed by atoms with Crippen molar-refractivity contribution in [3.05, 3.63) is 0 Å². The van der Waals surface area contributed by atoms with Crippen LogP contribution in [0.5, 0.6) is 0 Å². The third-order valence-electron chi connectivity index (χ3n) is 6.77. The van der Waals surface area contributed by atoms with Gasteiger partial charge in [-0.3, -0.25) is 4.79 Å². The molecule has 5 nitrogen and oxygen atoms in total. The van der Waals surface area contributed by atoms with Crippen molar-refractivity contribution in [1.29, 1.82) is 0 Å². The van der Waals surface area contributed by atoms with Gasteiger partial charge in [-0.2, -0.15) is 0 Å². The molecule has 2 N–H and O–H groups in total. The van der Waals surface area contributed by atoms with Gasteiger partial charge < -0.3 is 20.1 Å². The van der Waals surface area contributed by atoms with E-state index in [0.717, 1.165) is 65.0 Å². The molecule has 3 rings (SSSR count). The Labute approximate surface area is 152 Å². The summed E-state index contributed by atoms with van der Waals surface area (Å²) in [7, 11) is 0. The van der Waals surface area contributed by atoms with Crippen molar-refractivity contribution in [2.45, 2.75) is 76.4 Å². The number of nitrogens with zero attached hydrogens (tertiary/aromatic N) is 1. The summed E-state index contributed by atoms with van der Waals surface area (Å²) in [5.41, 5.74) is -0.551. The molecule has 2 atom stereocenters. The molecular weight excluding hydrogens is 316 g/mol. The van der Waals surface area contributed by atoms with Crippen LogP contribution in [0.15, 0.2) is 0 Å². The third kappa shape index (κ3) is 4.95. The normalized spacial score (nSPS) is 33.3. The van der Waals surface area contributed by atoms with Crippen LogP contribution in [0.4, 0.5) is 0 Å². The average Bonchev–Trinajstić information content (AvgIpc) is 2.64. The van der Waals surface area contributed by atoms with E-state index in [1.807, 2.05) is 0 Å². The molecule has 1 amide bonds. The van der Waals surface area contributed by atoms with Gasteiger partial charge in [0.25, 0.3) is 0 Å². The van der Waals surface area contributed by atoms with E-state index in [1.54, 1.807) is 0 Å². The van der Waals surface area contributed by atoms with Gasteiger partial charge in [-0.25, -0.2) is 0 Å². The predicted octanol–water partition coefficient (Wildman–Crippen LogP) is 2.32. The van der Waals surface area contributed by atoms with Gasteiger partial charge in [-0.05, 0) is 43.9 Å². The van der Waals surface area contributed by atoms with Gasteiger partial charge in [0.05, 0.1) is 5.60 Å². The summed E-state index contributed by atoms with van der Waals surface area (Å²) in [4.78, 5) is 14.6. The SMILES string of the molecule is C[C@@H]1CN(CCC(=O)NC2CCCCC2)CC[C@@]1(O)C1CCOCC1. The minimum atomic E-state index is -0.551. The Hall–Kier alpha value is -0.650. The molecule has 1 aliphatic carbocycles. The molecule has 0 aromatic rings. The van der Waals surface area contributed by atoms with E-state index >= 15 is 0 Å². The number of piperidine rings is 1. The van der Waals surface area contributed by atoms with Crippen LogP contribution in [0.25, 0.3) is 0 Å². The molecule has 3 fully saturated rings. The molecule has 2 saturated heterocycles. The monoisotopic (exact) mass is 352 g/mol. The Balaban J connectivity index is 1.41. The second-order valence-corrected chi connectivity index (χ2v) is 8.48. The predicted molar refractivity (Wildman–Crippen MR) is 98.3 cm³/mol. The van der Waals surface area contributed by atoms with Gasteiger partial charge in [0.15, 0.2) is 0 Å². The second-order valence-electron chi connectivity index (χ2n) is 8.48. The van der Waals surface area contributed by atoms with Crippen molar-refractivity contribution in [2.75, 3.05) is 32.8 Å². The summed E-state index contributed by atoms with van der Waals surface area (Å²) in [6.45, 7) is 6.34. The van der Waals surface area contributed by atoms with Crippen LogP contribution in [0.3, 0.4) is 0 Å². The van der Waals surface area contributed by atoms with Gasteiger partial charge in [-0.1, -0.05) is 26.2 Å². The standard InChI is InChI=1S/C20H36N2O3/c1-16-15-22(11-7-19(23)21-18-5-3-2-4-6-18)12-10-20(16,24)17-8-13-25-14-9-17/h16-18,24H,2-15H2,1H3,(H,21,23)/t16-,20+/m1/s1. The van der Waals surface area contributed by atoms with Gasteiger partial charge in [0.2, 0.25) is 5.91 Å². The first-order valence-corrected chi connectivity index (χ1v) is 10.4. The Morgan fingerprint density at radius 2 is 1.92 bits per heavy atom. The van der Waals surface area contributed by atoms with Crippen LogP contribution in [0.1, 0.15) is 64.7 Å². The number of likely N-dealkylation sites (tertiary alicyclic amines) is 1. The summed E-state index contributed by atoms with van der Waals surface area (Å²) in [6.07, 6.45) is 9.46. The minimum absolute atomic E-state index is 0.199. The van der Waals surface area contributed by atoms with Crippen LogP contribution in [-0.4, -0.2) is 60.4 Å². The number of carbonyl (C=O) groups is 1. The lowest BCUT2D eigenvalue weighted by atomic mass is 9.70. The highest BCUT2D eigenvalue weighted by molar-refractivity contribution is 5.76. The number of rotatable bonds is 5. The number of carbonyl (C=O) groups excluding carboxylic acids is 1. The molecule has 2 heterocycles. The van der Waals surface area contributed by atoms with E-state index in [2.05, 4.69) is 17.1 Å². The zero-order valence-electron chi connectivity index (χ0n) is 15.8. The summed E-state index contributed by atoms with van der Waals surface area (Å²) in [6, 6.07) is 0.403. The lowest BCUT2D eigenvalue weighted by Gasteiger charge is -2.48. The van der Waals surface area contributed by atoms with Crippen molar-refractivity contribution in [2.24, 2.45) is 11.8 Å². The molecule has 3 aliphatic rings. The first-order chi connectivity index (χ1) is 12.1. The summed E-state index contributed by atoms with van der Waals surface area (Å²) in [5, 5.41) is 14.4. The summed E-state index contributed by atoms with van der Waals surface area (Å²) >= 11 is 0. The fourth-order valence-electron chi connectivity index (χ4n) is 5.03. The number of ether oxygens (including phenoxy) is 1. The highest BCUT2D eigenvalue weighted by atomic mass is 16.5. The van der Waals surface area contributed by atoms with Crippen LogP contribution in [0, 0.1) is 11.8 Å². The van der Waals surface area contributed by atoms with E-state index in [0.29, 0.717) is 18.4 Å². The van der Waals surface area contributed by atoms with E-state index < -0.39 is 5.60 Å². The maximum absolute atomic E-state index is 12.2. The molecule has 0 aromatic carbocycles. The third-order valence-corrected chi connectivity index (χ3v) is 6.77. The Kier molecular flexibility index (Phi) is 6.75. The quantitative estimate of drug-likeness (QED) is 0.797. The largest absolute Gasteiger partial charge is 0.389 e. The fraction of sp³-hybridized carbons (Fsp3) is 0.950. The maximum Gasteiger partial charge on any atom is 0.221 e. The van der Waals surface area contributed by atoms with E-state index in [4.69, 9.17) is 4.74 Å². The Bertz CT molecular complexity index is 433. The molecule has 0 aromatic heterocycles.